The molecule has 0 spiro atoms. The van der Waals surface area contributed by atoms with Crippen molar-refractivity contribution in [3.63, 3.8) is 0 Å². The maximum Gasteiger partial charge on any atom is 0.261 e. The Labute approximate surface area is 151 Å². The van der Waals surface area contributed by atoms with Gasteiger partial charge >= 0.3 is 0 Å². The van der Waals surface area contributed by atoms with E-state index in [1.54, 1.807) is 12.1 Å². The maximum atomic E-state index is 12.6. The first-order valence-corrected chi connectivity index (χ1v) is 10.8. The molecule has 1 aliphatic carbocycles. The molecular formula is C16H17N3O5S2. The number of hydrogen-bond donors (Lipinski definition) is 3. The van der Waals surface area contributed by atoms with E-state index in [2.05, 4.69) is 10.0 Å². The summed E-state index contributed by atoms with van der Waals surface area (Å²) in [6.07, 6.45) is 1.81. The van der Waals surface area contributed by atoms with Crippen molar-refractivity contribution in [3.05, 3.63) is 54.1 Å². The molecule has 0 unspecified atom stereocenters. The molecule has 0 heterocycles. The van der Waals surface area contributed by atoms with Crippen LogP contribution in [0.4, 0.5) is 5.69 Å². The molecule has 10 heteroatoms. The zero-order chi connectivity index (χ0) is 18.9. The highest BCUT2D eigenvalue weighted by atomic mass is 32.2. The van der Waals surface area contributed by atoms with Crippen molar-refractivity contribution in [1.82, 2.24) is 5.32 Å². The number of anilines is 1. The molecule has 0 aliphatic heterocycles. The van der Waals surface area contributed by atoms with Crippen LogP contribution >= 0.6 is 0 Å². The average molecular weight is 395 g/mol. The molecule has 2 aromatic rings. The average Bonchev–Trinajstić information content (AvgIpc) is 3.38. The summed E-state index contributed by atoms with van der Waals surface area (Å²) >= 11 is 0. The second kappa shape index (κ2) is 6.71. The summed E-state index contributed by atoms with van der Waals surface area (Å²) in [6, 6.07) is 11.0. The van der Waals surface area contributed by atoms with Gasteiger partial charge in [0.25, 0.3) is 15.9 Å². The summed E-state index contributed by atoms with van der Waals surface area (Å²) in [7, 11) is -8.16. The van der Waals surface area contributed by atoms with Gasteiger partial charge < -0.3 is 5.32 Å². The van der Waals surface area contributed by atoms with E-state index in [0.717, 1.165) is 18.9 Å². The number of sulfonamides is 2. The summed E-state index contributed by atoms with van der Waals surface area (Å²) in [6.45, 7) is 0. The first kappa shape index (κ1) is 18.4. The smallest absolute Gasteiger partial charge is 0.261 e. The Balaban J connectivity index is 1.92. The highest BCUT2D eigenvalue weighted by Gasteiger charge is 2.26. The summed E-state index contributed by atoms with van der Waals surface area (Å²) in [4.78, 5) is 11.7. The predicted molar refractivity (Wildman–Crippen MR) is 95.6 cm³/mol. The summed E-state index contributed by atoms with van der Waals surface area (Å²) in [5, 5.41) is 7.84. The number of nitrogens with one attached hydrogen (secondary N) is 2. The molecule has 0 bridgehead atoms. The van der Waals surface area contributed by atoms with Gasteiger partial charge in [-0.3, -0.25) is 9.52 Å². The minimum absolute atomic E-state index is 0.103. The molecule has 4 N–H and O–H groups in total. The zero-order valence-corrected chi connectivity index (χ0v) is 15.2. The topological polar surface area (TPSA) is 135 Å². The second-order valence-electron chi connectivity index (χ2n) is 5.92. The zero-order valence-electron chi connectivity index (χ0n) is 13.5. The first-order chi connectivity index (χ1) is 12.2. The van der Waals surface area contributed by atoms with Gasteiger partial charge in [-0.1, -0.05) is 18.2 Å². The number of carbonyl (C=O) groups is 1. The maximum absolute atomic E-state index is 12.6. The largest absolute Gasteiger partial charge is 0.349 e. The summed E-state index contributed by atoms with van der Waals surface area (Å²) in [5.41, 5.74) is 0.289. The lowest BCUT2D eigenvalue weighted by Crippen LogP contribution is -2.27. The number of nitrogens with two attached hydrogens (primary N) is 1. The van der Waals surface area contributed by atoms with E-state index in [0.29, 0.717) is 0 Å². The van der Waals surface area contributed by atoms with E-state index in [4.69, 9.17) is 5.14 Å². The van der Waals surface area contributed by atoms with Gasteiger partial charge in [-0.2, -0.15) is 0 Å². The van der Waals surface area contributed by atoms with E-state index in [1.165, 1.54) is 30.3 Å². The SMILES string of the molecule is NS(=O)(=O)c1cccc(S(=O)(=O)Nc2ccccc2C(=O)NC2CC2)c1. The van der Waals surface area contributed by atoms with Crippen LogP contribution < -0.4 is 15.2 Å². The van der Waals surface area contributed by atoms with E-state index in [1.807, 2.05) is 0 Å². The Morgan fingerprint density at radius 3 is 2.27 bits per heavy atom. The van der Waals surface area contributed by atoms with Crippen LogP contribution in [0.3, 0.4) is 0 Å². The van der Waals surface area contributed by atoms with Gasteiger partial charge in [0.05, 0.1) is 21.0 Å². The molecule has 1 amide bonds. The summed E-state index contributed by atoms with van der Waals surface area (Å²) in [5.74, 6) is -0.371. The molecule has 0 atom stereocenters. The quantitative estimate of drug-likeness (QED) is 0.671. The molecule has 8 nitrogen and oxygen atoms in total. The van der Waals surface area contributed by atoms with Crippen LogP contribution in [0.25, 0.3) is 0 Å². The molecule has 1 fully saturated rings. The van der Waals surface area contributed by atoms with Gasteiger partial charge in [-0.25, -0.2) is 22.0 Å². The molecule has 0 aromatic heterocycles. The number of amides is 1. The fraction of sp³-hybridized carbons (Fsp3) is 0.188. The monoisotopic (exact) mass is 395 g/mol. The Morgan fingerprint density at radius 1 is 0.962 bits per heavy atom. The normalized spacial score (nSPS) is 14.7. The number of primary sulfonamides is 1. The Hall–Kier alpha value is -2.43. The van der Waals surface area contributed by atoms with Crippen LogP contribution in [-0.4, -0.2) is 28.8 Å². The third-order valence-corrected chi connectivity index (χ3v) is 6.05. The van der Waals surface area contributed by atoms with Crippen molar-refractivity contribution in [2.75, 3.05) is 4.72 Å². The predicted octanol–water partition coefficient (Wildman–Crippen LogP) is 1.03. The molecule has 1 saturated carbocycles. The third kappa shape index (κ3) is 4.21. The van der Waals surface area contributed by atoms with Gasteiger partial charge in [-0.05, 0) is 43.2 Å². The lowest BCUT2D eigenvalue weighted by molar-refractivity contribution is 0.0952. The van der Waals surface area contributed by atoms with Gasteiger partial charge in [0.2, 0.25) is 10.0 Å². The number of benzene rings is 2. The molecule has 1 aliphatic rings. The van der Waals surface area contributed by atoms with Crippen molar-refractivity contribution in [2.24, 2.45) is 5.14 Å². The highest BCUT2D eigenvalue weighted by molar-refractivity contribution is 7.93. The first-order valence-electron chi connectivity index (χ1n) is 7.72. The number of rotatable bonds is 6. The van der Waals surface area contributed by atoms with Crippen LogP contribution in [0.2, 0.25) is 0 Å². The number of para-hydroxylation sites is 1. The standard InChI is InChI=1S/C16H17N3O5S2/c17-25(21,22)12-4-3-5-13(10-12)26(23,24)19-15-7-2-1-6-14(15)16(20)18-11-8-9-11/h1-7,10-11,19H,8-9H2,(H,18,20)(H2,17,21,22). The Bertz CT molecular complexity index is 1060. The van der Waals surface area contributed by atoms with Crippen LogP contribution in [-0.2, 0) is 20.0 Å². The van der Waals surface area contributed by atoms with Crippen molar-refractivity contribution < 1.29 is 21.6 Å². The van der Waals surface area contributed by atoms with Crippen LogP contribution in [0.1, 0.15) is 23.2 Å². The van der Waals surface area contributed by atoms with Gasteiger partial charge in [0.1, 0.15) is 0 Å². The lowest BCUT2D eigenvalue weighted by Gasteiger charge is -2.13. The molecule has 2 aromatic carbocycles. The van der Waals surface area contributed by atoms with Crippen LogP contribution in [0.5, 0.6) is 0 Å². The molecule has 0 saturated heterocycles. The Kier molecular flexibility index (Phi) is 4.74. The lowest BCUT2D eigenvalue weighted by atomic mass is 10.1. The minimum Gasteiger partial charge on any atom is -0.349 e. The fourth-order valence-corrected chi connectivity index (χ4v) is 4.04. The molecule has 3 rings (SSSR count). The van der Waals surface area contributed by atoms with Crippen molar-refractivity contribution >= 4 is 31.6 Å². The molecule has 0 radical (unpaired) electrons. The second-order valence-corrected chi connectivity index (χ2v) is 9.16. The van der Waals surface area contributed by atoms with Crippen LogP contribution in [0, 0.1) is 0 Å². The number of hydrogen-bond acceptors (Lipinski definition) is 5. The van der Waals surface area contributed by atoms with Crippen molar-refractivity contribution in [3.8, 4) is 0 Å². The van der Waals surface area contributed by atoms with Crippen molar-refractivity contribution in [1.29, 1.82) is 0 Å². The van der Waals surface area contributed by atoms with Gasteiger partial charge in [-0.15, -0.1) is 0 Å². The van der Waals surface area contributed by atoms with Gasteiger partial charge in [0.15, 0.2) is 0 Å². The van der Waals surface area contributed by atoms with Crippen molar-refractivity contribution in [2.45, 2.75) is 28.7 Å². The van der Waals surface area contributed by atoms with E-state index >= 15 is 0 Å². The van der Waals surface area contributed by atoms with Gasteiger partial charge in [0, 0.05) is 6.04 Å². The van der Waals surface area contributed by atoms with E-state index in [9.17, 15) is 21.6 Å². The van der Waals surface area contributed by atoms with E-state index in [-0.39, 0.29) is 33.0 Å². The molecule has 26 heavy (non-hydrogen) atoms. The van der Waals surface area contributed by atoms with Crippen LogP contribution in [0.15, 0.2) is 58.3 Å². The molecule has 138 valence electrons. The number of carbonyl (C=O) groups excluding carboxylic acids is 1. The third-order valence-electron chi connectivity index (χ3n) is 3.77. The molecular weight excluding hydrogens is 378 g/mol. The van der Waals surface area contributed by atoms with E-state index < -0.39 is 20.0 Å². The minimum atomic E-state index is -4.11. The summed E-state index contributed by atoms with van der Waals surface area (Å²) < 4.78 is 50.4. The Morgan fingerprint density at radius 2 is 1.62 bits per heavy atom. The highest BCUT2D eigenvalue weighted by Crippen LogP contribution is 2.24. The fourth-order valence-electron chi connectivity index (χ4n) is 2.28.